The molecule has 7 nitrogen and oxygen atoms in total. The maximum absolute atomic E-state index is 13.9. The number of aliphatic hydroxyl groups is 1. The lowest BCUT2D eigenvalue weighted by atomic mass is 9.96. The molecule has 5 rings (SSSR count). The fraction of sp³-hybridized carbons (Fsp3) is 0.292. The molecule has 13 heteroatoms. The molecular weight excluding hydrogens is 552 g/mol. The molecule has 3 heterocycles. The molecule has 0 saturated carbocycles. The number of benzene rings is 2. The van der Waals surface area contributed by atoms with Crippen LogP contribution in [0.25, 0.3) is 5.57 Å². The molecule has 1 saturated heterocycles. The molecule has 194 valence electrons. The summed E-state index contributed by atoms with van der Waals surface area (Å²) in [6.07, 6.45) is -5.21. The third-order valence-electron chi connectivity index (χ3n) is 6.04. The SMILES string of the molecule is OC[C@@H]1CN(c2nc(O)c(C(Cc3ccc(Cl)cc3C(F)(F)F)=c3ccc4c(c3)C(Cl)=NN=4)s2)CCO1. The Kier molecular flexibility index (Phi) is 7.16. The van der Waals surface area contributed by atoms with Gasteiger partial charge in [-0.15, -0.1) is 10.2 Å². The van der Waals surface area contributed by atoms with Crippen LogP contribution in [0.2, 0.25) is 5.02 Å². The van der Waals surface area contributed by atoms with Gasteiger partial charge in [0.2, 0.25) is 5.88 Å². The van der Waals surface area contributed by atoms with E-state index < -0.39 is 17.8 Å². The van der Waals surface area contributed by atoms with Crippen LogP contribution in [0.3, 0.4) is 0 Å². The van der Waals surface area contributed by atoms with Crippen LogP contribution in [0.4, 0.5) is 18.3 Å². The van der Waals surface area contributed by atoms with E-state index in [1.165, 1.54) is 12.1 Å². The quantitative estimate of drug-likeness (QED) is 0.488. The molecule has 2 N–H and O–H groups in total. The number of morpholine rings is 1. The van der Waals surface area contributed by atoms with Crippen LogP contribution in [0.5, 0.6) is 5.88 Å². The number of rotatable bonds is 5. The summed E-state index contributed by atoms with van der Waals surface area (Å²) in [6, 6.07) is 8.67. The Hall–Kier alpha value is -2.70. The molecule has 2 aromatic carbocycles. The van der Waals surface area contributed by atoms with Crippen LogP contribution in [-0.4, -0.2) is 52.8 Å². The maximum atomic E-state index is 13.9. The molecule has 1 fully saturated rings. The summed E-state index contributed by atoms with van der Waals surface area (Å²) in [5.74, 6) is -0.311. The monoisotopic (exact) mass is 570 g/mol. The normalized spacial score (nSPS) is 18.4. The van der Waals surface area contributed by atoms with Gasteiger partial charge in [0, 0.05) is 30.1 Å². The minimum Gasteiger partial charge on any atom is -0.492 e. The van der Waals surface area contributed by atoms with Crippen molar-refractivity contribution in [3.05, 3.63) is 73.6 Å². The largest absolute Gasteiger partial charge is 0.492 e. The molecule has 0 spiro atoms. The van der Waals surface area contributed by atoms with Crippen molar-refractivity contribution >= 4 is 50.4 Å². The van der Waals surface area contributed by atoms with Crippen LogP contribution >= 0.6 is 34.5 Å². The number of aromatic hydroxyl groups is 1. The molecule has 0 radical (unpaired) electrons. The molecule has 1 atom stereocenters. The second-order valence-electron chi connectivity index (χ2n) is 8.45. The highest BCUT2D eigenvalue weighted by atomic mass is 35.5. The van der Waals surface area contributed by atoms with Crippen LogP contribution < -0.4 is 15.5 Å². The zero-order valence-electron chi connectivity index (χ0n) is 19.0. The van der Waals surface area contributed by atoms with Gasteiger partial charge in [-0.2, -0.15) is 18.2 Å². The lowest BCUT2D eigenvalue weighted by molar-refractivity contribution is -0.138. The molecule has 1 aromatic heterocycles. The third kappa shape index (κ3) is 5.32. The number of hydrogen-bond acceptors (Lipinski definition) is 8. The number of fused-ring (bicyclic) bond motifs is 1. The molecule has 3 aromatic rings. The van der Waals surface area contributed by atoms with Crippen molar-refractivity contribution < 1.29 is 28.1 Å². The lowest BCUT2D eigenvalue weighted by Gasteiger charge is -2.31. The van der Waals surface area contributed by atoms with E-state index in [2.05, 4.69) is 15.2 Å². The first kappa shape index (κ1) is 25.9. The Bertz CT molecular complexity index is 1510. The van der Waals surface area contributed by atoms with E-state index in [-0.39, 0.29) is 34.7 Å². The van der Waals surface area contributed by atoms with E-state index in [1.54, 1.807) is 18.2 Å². The second-order valence-corrected chi connectivity index (χ2v) is 10.2. The first-order valence-electron chi connectivity index (χ1n) is 11.1. The molecule has 2 aliphatic rings. The first-order valence-corrected chi connectivity index (χ1v) is 12.7. The molecule has 2 aliphatic heterocycles. The zero-order valence-corrected chi connectivity index (χ0v) is 21.3. The van der Waals surface area contributed by atoms with E-state index in [9.17, 15) is 23.4 Å². The van der Waals surface area contributed by atoms with Crippen molar-refractivity contribution in [1.82, 2.24) is 4.98 Å². The number of halogens is 5. The van der Waals surface area contributed by atoms with Crippen LogP contribution in [0, 0.1) is 0 Å². The summed E-state index contributed by atoms with van der Waals surface area (Å²) >= 11 is 13.2. The highest BCUT2D eigenvalue weighted by Gasteiger charge is 2.34. The average molecular weight is 571 g/mol. The smallest absolute Gasteiger partial charge is 0.416 e. The fourth-order valence-electron chi connectivity index (χ4n) is 4.23. The Morgan fingerprint density at radius 1 is 1.16 bits per heavy atom. The number of thiazole rings is 1. The summed E-state index contributed by atoms with van der Waals surface area (Å²) in [4.78, 5) is 6.47. The van der Waals surface area contributed by atoms with Gasteiger partial charge in [0.25, 0.3) is 0 Å². The fourth-order valence-corrected chi connectivity index (χ4v) is 5.66. The number of alkyl halides is 3. The van der Waals surface area contributed by atoms with Crippen LogP contribution in [0.15, 0.2) is 46.6 Å². The van der Waals surface area contributed by atoms with Crippen molar-refractivity contribution in [3.63, 3.8) is 0 Å². The molecule has 37 heavy (non-hydrogen) atoms. The number of nitrogens with zero attached hydrogens (tertiary/aromatic N) is 4. The Morgan fingerprint density at radius 3 is 2.73 bits per heavy atom. The molecule has 0 bridgehead atoms. The van der Waals surface area contributed by atoms with Gasteiger partial charge in [0.05, 0.1) is 35.1 Å². The van der Waals surface area contributed by atoms with Gasteiger partial charge in [-0.25, -0.2) is 0 Å². The highest BCUT2D eigenvalue weighted by Crippen LogP contribution is 2.40. The minimum absolute atomic E-state index is 0.0158. The van der Waals surface area contributed by atoms with Crippen molar-refractivity contribution in [3.8, 4) is 5.88 Å². The summed E-state index contributed by atoms with van der Waals surface area (Å²) in [6.45, 7) is 1.04. The third-order valence-corrected chi connectivity index (χ3v) is 7.72. The van der Waals surface area contributed by atoms with E-state index in [0.717, 1.165) is 17.4 Å². The van der Waals surface area contributed by atoms with Gasteiger partial charge < -0.3 is 19.8 Å². The number of aromatic nitrogens is 1. The Labute approximate surface area is 222 Å². The van der Waals surface area contributed by atoms with E-state index in [4.69, 9.17) is 27.9 Å². The number of anilines is 1. The maximum Gasteiger partial charge on any atom is 0.416 e. The van der Waals surface area contributed by atoms with Gasteiger partial charge in [0.15, 0.2) is 10.3 Å². The minimum atomic E-state index is -4.63. The van der Waals surface area contributed by atoms with E-state index in [1.807, 2.05) is 4.90 Å². The van der Waals surface area contributed by atoms with Crippen molar-refractivity contribution in [2.45, 2.75) is 18.7 Å². The van der Waals surface area contributed by atoms with Crippen LogP contribution in [-0.2, 0) is 17.3 Å². The molecule has 0 aliphatic carbocycles. The Balaban J connectivity index is 1.66. The molecule has 0 amide bonds. The Morgan fingerprint density at radius 2 is 1.97 bits per heavy atom. The standard InChI is InChI=1S/C24H19Cl2F3N4O3S/c25-14-3-1-13(18(9-14)24(27,28)29)8-16(12-2-4-19-17(7-12)21(26)32-31-19)20-22(35)30-23(37-20)33-5-6-36-15(10-33)11-34/h1-4,7,9,15,34-35H,5-6,8,10-11H2/t15-/m0/s1. The van der Waals surface area contributed by atoms with Crippen molar-refractivity contribution in [2.75, 3.05) is 31.2 Å². The second kappa shape index (κ2) is 10.2. The predicted molar refractivity (Wildman–Crippen MR) is 135 cm³/mol. The van der Waals surface area contributed by atoms with Gasteiger partial charge in [0.1, 0.15) is 0 Å². The van der Waals surface area contributed by atoms with Gasteiger partial charge >= 0.3 is 6.18 Å². The van der Waals surface area contributed by atoms with Crippen molar-refractivity contribution in [1.29, 1.82) is 0 Å². The van der Waals surface area contributed by atoms with E-state index >= 15 is 0 Å². The number of hydrogen-bond donors (Lipinski definition) is 2. The summed E-state index contributed by atoms with van der Waals surface area (Å²) in [5.41, 5.74) is 0.0709. The van der Waals surface area contributed by atoms with Crippen LogP contribution in [0.1, 0.15) is 21.6 Å². The number of aliphatic hydroxyl groups excluding tert-OH is 1. The van der Waals surface area contributed by atoms with Gasteiger partial charge in [-0.3, -0.25) is 0 Å². The highest BCUT2D eigenvalue weighted by molar-refractivity contribution is 7.17. The summed E-state index contributed by atoms with van der Waals surface area (Å²) < 4.78 is 47.2. The lowest BCUT2D eigenvalue weighted by Crippen LogP contribution is -2.44. The molecular formula is C24H19Cl2F3N4O3S. The zero-order chi connectivity index (χ0) is 26.3. The summed E-state index contributed by atoms with van der Waals surface area (Å²) in [7, 11) is 0. The average Bonchev–Trinajstić information content (AvgIpc) is 3.45. The predicted octanol–water partition coefficient (Wildman–Crippen LogP) is 3.69. The number of ether oxygens (including phenoxy) is 1. The first-order chi connectivity index (χ1) is 17.6. The molecule has 0 unspecified atom stereocenters. The summed E-state index contributed by atoms with van der Waals surface area (Å²) in [5, 5.41) is 29.8. The van der Waals surface area contributed by atoms with E-state index in [0.29, 0.717) is 51.4 Å². The topological polar surface area (TPSA) is 90.5 Å². The van der Waals surface area contributed by atoms with Crippen molar-refractivity contribution in [2.24, 2.45) is 10.2 Å². The van der Waals surface area contributed by atoms with Gasteiger partial charge in [-0.05, 0) is 40.6 Å². The van der Waals surface area contributed by atoms with Gasteiger partial charge in [-0.1, -0.05) is 46.7 Å².